The zero-order chi connectivity index (χ0) is 20.2. The van der Waals surface area contributed by atoms with Gasteiger partial charge in [-0.05, 0) is 29.6 Å². The molecule has 7 nitrogen and oxygen atoms in total. The Morgan fingerprint density at radius 1 is 1.07 bits per heavy atom. The topological polar surface area (TPSA) is 67.7 Å². The Labute approximate surface area is 177 Å². The first-order valence-corrected chi connectivity index (χ1v) is 10.4. The molecule has 3 aromatic rings. The monoisotopic (exact) mass is 430 g/mol. The average molecular weight is 431 g/mol. The molecule has 0 spiro atoms. The fraction of sp³-hybridized carbons (Fsp3) is 0.250. The van der Waals surface area contributed by atoms with Gasteiger partial charge in [0.1, 0.15) is 5.75 Å². The summed E-state index contributed by atoms with van der Waals surface area (Å²) >= 11 is 7.28. The highest BCUT2D eigenvalue weighted by Crippen LogP contribution is 2.18. The van der Waals surface area contributed by atoms with Crippen LogP contribution in [0, 0.1) is 0 Å². The lowest BCUT2D eigenvalue weighted by atomic mass is 10.1. The molecule has 1 aromatic carbocycles. The van der Waals surface area contributed by atoms with E-state index in [4.69, 9.17) is 16.3 Å². The van der Waals surface area contributed by atoms with Crippen LogP contribution in [0.5, 0.6) is 5.75 Å². The number of carbonyl (C=O) groups excluding carboxylic acids is 2. The summed E-state index contributed by atoms with van der Waals surface area (Å²) in [6.45, 7) is 2.27. The fourth-order valence-corrected chi connectivity index (χ4v) is 3.97. The van der Waals surface area contributed by atoms with Crippen molar-refractivity contribution in [2.75, 3.05) is 26.2 Å². The summed E-state index contributed by atoms with van der Waals surface area (Å²) in [4.78, 5) is 29.6. The third kappa shape index (κ3) is 4.60. The van der Waals surface area contributed by atoms with E-state index in [0.29, 0.717) is 42.5 Å². The number of hydrogen-bond acceptors (Lipinski definition) is 5. The molecule has 0 radical (unpaired) electrons. The number of hydrogen-bond donors (Lipinski definition) is 0. The van der Waals surface area contributed by atoms with Crippen LogP contribution in [-0.4, -0.2) is 57.6 Å². The number of nitrogens with zero attached hydrogens (tertiary/aromatic N) is 4. The van der Waals surface area contributed by atoms with Crippen LogP contribution in [0.2, 0.25) is 5.02 Å². The van der Waals surface area contributed by atoms with Crippen LogP contribution >= 0.6 is 22.9 Å². The second kappa shape index (κ2) is 8.67. The fourth-order valence-electron chi connectivity index (χ4n) is 3.12. The van der Waals surface area contributed by atoms with Crippen LogP contribution in [0.1, 0.15) is 20.0 Å². The summed E-state index contributed by atoms with van der Waals surface area (Å²) in [6.07, 6.45) is 3.20. The Morgan fingerprint density at radius 3 is 2.48 bits per heavy atom. The van der Waals surface area contributed by atoms with Gasteiger partial charge in [-0.3, -0.25) is 9.59 Å². The van der Waals surface area contributed by atoms with Gasteiger partial charge in [0.25, 0.3) is 11.8 Å². The minimum atomic E-state index is -0.0687. The van der Waals surface area contributed by atoms with Gasteiger partial charge >= 0.3 is 0 Å². The molecular formula is C20H19ClN4O3S. The van der Waals surface area contributed by atoms with Crippen LogP contribution in [0.3, 0.4) is 0 Å². The normalized spacial score (nSPS) is 14.1. The highest BCUT2D eigenvalue weighted by Gasteiger charge is 2.26. The zero-order valence-corrected chi connectivity index (χ0v) is 17.1. The second-order valence-electron chi connectivity index (χ2n) is 6.56. The average Bonchev–Trinajstić information content (AvgIpc) is 3.43. The SMILES string of the molecule is O=C(c1cccc(OCn2cc(Cl)cn2)c1)N1CCN(C(=O)c2cccs2)CC1. The highest BCUT2D eigenvalue weighted by atomic mass is 35.5. The first kappa shape index (κ1) is 19.5. The van der Waals surface area contributed by atoms with E-state index in [2.05, 4.69) is 5.10 Å². The predicted molar refractivity (Wildman–Crippen MR) is 110 cm³/mol. The molecule has 1 saturated heterocycles. The molecule has 1 aliphatic rings. The number of rotatable bonds is 5. The molecule has 150 valence electrons. The number of thiophene rings is 1. The number of amides is 2. The van der Waals surface area contributed by atoms with E-state index in [-0.39, 0.29) is 18.5 Å². The lowest BCUT2D eigenvalue weighted by Crippen LogP contribution is -2.50. The predicted octanol–water partition coefficient (Wildman–Crippen LogP) is 3.23. The van der Waals surface area contributed by atoms with Crippen LogP contribution in [0.15, 0.2) is 54.2 Å². The molecule has 0 unspecified atom stereocenters. The van der Waals surface area contributed by atoms with Crippen LogP contribution in [0.4, 0.5) is 0 Å². The zero-order valence-electron chi connectivity index (χ0n) is 15.5. The van der Waals surface area contributed by atoms with Gasteiger partial charge in [-0.25, -0.2) is 4.68 Å². The number of ether oxygens (including phenoxy) is 1. The molecule has 1 fully saturated rings. The summed E-state index contributed by atoms with van der Waals surface area (Å²) in [5.41, 5.74) is 0.555. The molecule has 1 aliphatic heterocycles. The molecule has 29 heavy (non-hydrogen) atoms. The van der Waals surface area contributed by atoms with E-state index in [1.54, 1.807) is 44.9 Å². The number of piperazine rings is 1. The van der Waals surface area contributed by atoms with E-state index in [1.165, 1.54) is 17.5 Å². The van der Waals surface area contributed by atoms with E-state index < -0.39 is 0 Å². The van der Waals surface area contributed by atoms with Gasteiger partial charge < -0.3 is 14.5 Å². The van der Waals surface area contributed by atoms with Gasteiger partial charge in [0.2, 0.25) is 0 Å². The molecule has 9 heteroatoms. The Balaban J connectivity index is 1.34. The number of benzene rings is 1. The third-order valence-electron chi connectivity index (χ3n) is 4.63. The van der Waals surface area contributed by atoms with Gasteiger partial charge in [-0.2, -0.15) is 5.10 Å². The summed E-state index contributed by atoms with van der Waals surface area (Å²) in [5.74, 6) is 0.538. The van der Waals surface area contributed by atoms with E-state index in [9.17, 15) is 9.59 Å². The van der Waals surface area contributed by atoms with E-state index in [1.807, 2.05) is 17.5 Å². The minimum Gasteiger partial charge on any atom is -0.471 e. The van der Waals surface area contributed by atoms with Gasteiger partial charge in [0.15, 0.2) is 6.73 Å². The van der Waals surface area contributed by atoms with Gasteiger partial charge in [-0.1, -0.05) is 23.7 Å². The van der Waals surface area contributed by atoms with Gasteiger partial charge in [0, 0.05) is 37.9 Å². The Morgan fingerprint density at radius 2 is 1.83 bits per heavy atom. The largest absolute Gasteiger partial charge is 0.471 e. The molecule has 4 rings (SSSR count). The van der Waals surface area contributed by atoms with E-state index >= 15 is 0 Å². The molecule has 0 aliphatic carbocycles. The van der Waals surface area contributed by atoms with E-state index in [0.717, 1.165) is 4.88 Å². The summed E-state index contributed by atoms with van der Waals surface area (Å²) in [7, 11) is 0. The van der Waals surface area contributed by atoms with Crippen molar-refractivity contribution < 1.29 is 14.3 Å². The Bertz CT molecular complexity index is 997. The van der Waals surface area contributed by atoms with Crippen LogP contribution < -0.4 is 4.74 Å². The molecule has 3 heterocycles. The van der Waals surface area contributed by atoms with Crippen molar-refractivity contribution in [3.8, 4) is 5.75 Å². The second-order valence-corrected chi connectivity index (χ2v) is 7.95. The number of aromatic nitrogens is 2. The molecular weight excluding hydrogens is 412 g/mol. The summed E-state index contributed by atoms with van der Waals surface area (Å²) in [5, 5.41) is 6.48. The summed E-state index contributed by atoms with van der Waals surface area (Å²) in [6, 6.07) is 10.8. The molecule has 2 aromatic heterocycles. The number of halogens is 1. The highest BCUT2D eigenvalue weighted by molar-refractivity contribution is 7.12. The smallest absolute Gasteiger partial charge is 0.264 e. The molecule has 2 amide bonds. The minimum absolute atomic E-state index is 0.0289. The van der Waals surface area contributed by atoms with Crippen LogP contribution in [-0.2, 0) is 6.73 Å². The van der Waals surface area contributed by atoms with Crippen molar-refractivity contribution in [2.45, 2.75) is 6.73 Å². The lowest BCUT2D eigenvalue weighted by Gasteiger charge is -2.34. The molecule has 0 bridgehead atoms. The van der Waals surface area contributed by atoms with Crippen molar-refractivity contribution >= 4 is 34.8 Å². The van der Waals surface area contributed by atoms with Crippen molar-refractivity contribution in [3.05, 3.63) is 69.6 Å². The molecule has 0 N–H and O–H groups in total. The summed E-state index contributed by atoms with van der Waals surface area (Å²) < 4.78 is 7.26. The van der Waals surface area contributed by atoms with Gasteiger partial charge in [0.05, 0.1) is 16.1 Å². The Kier molecular flexibility index (Phi) is 5.82. The maximum absolute atomic E-state index is 12.9. The van der Waals surface area contributed by atoms with Crippen LogP contribution in [0.25, 0.3) is 0 Å². The maximum Gasteiger partial charge on any atom is 0.264 e. The number of carbonyl (C=O) groups is 2. The van der Waals surface area contributed by atoms with Crippen molar-refractivity contribution in [3.63, 3.8) is 0 Å². The quantitative estimate of drug-likeness (QED) is 0.623. The molecule has 0 saturated carbocycles. The lowest BCUT2D eigenvalue weighted by molar-refractivity contribution is 0.0538. The first-order chi connectivity index (χ1) is 14.1. The third-order valence-corrected chi connectivity index (χ3v) is 5.69. The standard InChI is InChI=1S/C20H19ClN4O3S/c21-16-12-22-25(13-16)14-28-17-4-1-3-15(11-17)19(26)23-6-8-24(9-7-23)20(27)18-5-2-10-29-18/h1-5,10-13H,6-9,14H2. The van der Waals surface area contributed by atoms with Crippen molar-refractivity contribution in [1.82, 2.24) is 19.6 Å². The first-order valence-electron chi connectivity index (χ1n) is 9.13. The van der Waals surface area contributed by atoms with Crippen molar-refractivity contribution in [2.24, 2.45) is 0 Å². The van der Waals surface area contributed by atoms with Crippen molar-refractivity contribution in [1.29, 1.82) is 0 Å². The Hall–Kier alpha value is -2.84. The molecule has 0 atom stereocenters. The van der Waals surface area contributed by atoms with Gasteiger partial charge in [-0.15, -0.1) is 11.3 Å². The maximum atomic E-state index is 12.9.